The third-order valence-electron chi connectivity index (χ3n) is 7.22. The van der Waals surface area contributed by atoms with Crippen LogP contribution >= 0.6 is 23.2 Å². The molecule has 1 N–H and O–H groups in total. The van der Waals surface area contributed by atoms with Crippen LogP contribution in [-0.2, 0) is 16.1 Å². The maximum Gasteiger partial charge on any atom is 0.318 e. The second kappa shape index (κ2) is 12.9. The van der Waals surface area contributed by atoms with Crippen molar-refractivity contribution < 1.29 is 18.7 Å². The van der Waals surface area contributed by atoms with E-state index in [-0.39, 0.29) is 24.6 Å². The summed E-state index contributed by atoms with van der Waals surface area (Å²) in [5.74, 6) is 1.22. The van der Waals surface area contributed by atoms with Crippen LogP contribution in [0.25, 0.3) is 5.57 Å². The molecule has 11 heteroatoms. The topological polar surface area (TPSA) is 91.2 Å². The minimum Gasteiger partial charge on any atom is -0.441 e. The van der Waals surface area contributed by atoms with Gasteiger partial charge in [0.15, 0.2) is 11.7 Å². The first-order valence-electron chi connectivity index (χ1n) is 13.1. The number of nitrogens with one attached hydrogen (secondary N) is 1. The van der Waals surface area contributed by atoms with Crippen molar-refractivity contribution >= 4 is 40.7 Å². The van der Waals surface area contributed by atoms with E-state index in [1.165, 1.54) is 0 Å². The lowest BCUT2D eigenvalue weighted by molar-refractivity contribution is -0.137. The van der Waals surface area contributed by atoms with Gasteiger partial charge in [-0.1, -0.05) is 35.3 Å². The number of rotatable bonds is 8. The van der Waals surface area contributed by atoms with Crippen LogP contribution in [0, 0.1) is 6.92 Å². The summed E-state index contributed by atoms with van der Waals surface area (Å²) in [6, 6.07) is 4.32. The number of benzene rings is 1. The van der Waals surface area contributed by atoms with Crippen LogP contribution in [0.3, 0.4) is 0 Å². The highest BCUT2D eigenvalue weighted by Gasteiger charge is 2.38. The molecule has 0 spiro atoms. The Hall–Kier alpha value is -3.01. The minimum atomic E-state index is -0.628. The van der Waals surface area contributed by atoms with E-state index in [9.17, 15) is 9.59 Å². The molecule has 2 unspecified atom stereocenters. The molecule has 210 valence electrons. The number of aryl methyl sites for hydroxylation is 1. The van der Waals surface area contributed by atoms with E-state index in [4.69, 9.17) is 32.4 Å². The molecule has 1 aliphatic carbocycles. The van der Waals surface area contributed by atoms with Crippen molar-refractivity contribution in [3.05, 3.63) is 69.5 Å². The molecule has 1 aromatic carbocycles. The van der Waals surface area contributed by atoms with Crippen LogP contribution in [-0.4, -0.2) is 83.6 Å². The number of aromatic nitrogens is 1. The summed E-state index contributed by atoms with van der Waals surface area (Å²) in [4.78, 5) is 36.7. The number of carbonyl (C=O) groups excluding carboxylic acids is 2. The number of halogens is 2. The predicted molar refractivity (Wildman–Crippen MR) is 151 cm³/mol. The molecule has 1 saturated heterocycles. The van der Waals surface area contributed by atoms with E-state index in [2.05, 4.69) is 15.2 Å². The van der Waals surface area contributed by atoms with Crippen LogP contribution in [0.15, 0.2) is 46.7 Å². The molecule has 2 aromatic rings. The first kappa shape index (κ1) is 29.0. The van der Waals surface area contributed by atoms with Gasteiger partial charge in [0, 0.05) is 71.0 Å². The zero-order valence-corrected chi connectivity index (χ0v) is 24.3. The molecule has 2 heterocycles. The Morgan fingerprint density at radius 1 is 1.18 bits per heavy atom. The molecule has 1 aromatic heterocycles. The van der Waals surface area contributed by atoms with Crippen molar-refractivity contribution in [2.45, 2.75) is 45.9 Å². The highest BCUT2D eigenvalue weighted by atomic mass is 35.5. The zero-order valence-electron chi connectivity index (χ0n) is 22.7. The van der Waals surface area contributed by atoms with Gasteiger partial charge in [0.2, 0.25) is 5.91 Å². The number of carbonyl (C=O) groups is 2. The van der Waals surface area contributed by atoms with E-state index in [0.29, 0.717) is 60.8 Å². The summed E-state index contributed by atoms with van der Waals surface area (Å²) in [7, 11) is 1.67. The standard InChI is InChI=1S/C28H35Cl2N5O4/c1-5-33(6-2)27(36)24-17-34(20-8-9-21(25(14-20)38-4)26-16-31-18(3)39-26)11-12-35(24)28(37)32-15-19-7-10-22(29)23(30)13-19/h7-10,13,16,24-25H,5-6,11-12,14-15,17H2,1-4H3,(H,32,37). The van der Waals surface area contributed by atoms with Gasteiger partial charge in [-0.05, 0) is 37.6 Å². The fourth-order valence-electron chi connectivity index (χ4n) is 5.01. The number of hydrogen-bond acceptors (Lipinski definition) is 6. The third kappa shape index (κ3) is 6.59. The minimum absolute atomic E-state index is 0.0672. The first-order chi connectivity index (χ1) is 18.7. The van der Waals surface area contributed by atoms with Gasteiger partial charge in [-0.15, -0.1) is 0 Å². The van der Waals surface area contributed by atoms with Crippen molar-refractivity contribution in [2.24, 2.45) is 0 Å². The first-order valence-corrected chi connectivity index (χ1v) is 13.9. The van der Waals surface area contributed by atoms with Crippen LogP contribution in [0.1, 0.15) is 37.5 Å². The van der Waals surface area contributed by atoms with Gasteiger partial charge < -0.3 is 29.2 Å². The van der Waals surface area contributed by atoms with E-state index in [1.54, 1.807) is 35.2 Å². The fraction of sp³-hybridized carbons (Fsp3) is 0.464. The number of hydrogen-bond donors (Lipinski definition) is 1. The molecular weight excluding hydrogens is 541 g/mol. The molecule has 39 heavy (non-hydrogen) atoms. The van der Waals surface area contributed by atoms with Crippen molar-refractivity contribution in [1.82, 2.24) is 25.0 Å². The number of methoxy groups -OCH3 is 1. The molecule has 2 aliphatic rings. The number of piperazine rings is 1. The van der Waals surface area contributed by atoms with Gasteiger partial charge in [0.25, 0.3) is 0 Å². The lowest BCUT2D eigenvalue weighted by Gasteiger charge is -2.44. The van der Waals surface area contributed by atoms with Crippen LogP contribution in [0.2, 0.25) is 10.0 Å². The van der Waals surface area contributed by atoms with Crippen LogP contribution in [0.5, 0.6) is 0 Å². The highest BCUT2D eigenvalue weighted by Crippen LogP contribution is 2.32. The van der Waals surface area contributed by atoms with Gasteiger partial charge >= 0.3 is 6.03 Å². The smallest absolute Gasteiger partial charge is 0.318 e. The lowest BCUT2D eigenvalue weighted by Crippen LogP contribution is -2.62. The Bertz CT molecular complexity index is 1260. The summed E-state index contributed by atoms with van der Waals surface area (Å²) in [6.45, 7) is 8.50. The maximum atomic E-state index is 13.6. The van der Waals surface area contributed by atoms with Gasteiger partial charge in [-0.2, -0.15) is 0 Å². The number of likely N-dealkylation sites (N-methyl/N-ethyl adjacent to an activating group) is 1. The summed E-state index contributed by atoms with van der Waals surface area (Å²) in [5.41, 5.74) is 2.80. The monoisotopic (exact) mass is 575 g/mol. The Balaban J connectivity index is 1.52. The number of nitrogens with zero attached hydrogens (tertiary/aromatic N) is 4. The van der Waals surface area contributed by atoms with Crippen molar-refractivity contribution in [1.29, 1.82) is 0 Å². The Morgan fingerprint density at radius 2 is 1.95 bits per heavy atom. The molecule has 0 saturated carbocycles. The van der Waals surface area contributed by atoms with Crippen molar-refractivity contribution in [3.63, 3.8) is 0 Å². The summed E-state index contributed by atoms with van der Waals surface area (Å²) < 4.78 is 11.5. The largest absolute Gasteiger partial charge is 0.441 e. The summed E-state index contributed by atoms with van der Waals surface area (Å²) in [6.07, 6.45) is 6.16. The molecule has 1 aliphatic heterocycles. The summed E-state index contributed by atoms with van der Waals surface area (Å²) in [5, 5.41) is 3.83. The maximum absolute atomic E-state index is 13.6. The predicted octanol–water partition coefficient (Wildman–Crippen LogP) is 4.74. The Kier molecular flexibility index (Phi) is 9.58. The SMILES string of the molecule is CCN(CC)C(=O)C1CN(C2=CC=C(c3cnc(C)o3)C(OC)C2)CCN1C(=O)NCc1ccc(Cl)c(Cl)c1. The van der Waals surface area contributed by atoms with E-state index >= 15 is 0 Å². The van der Waals surface area contributed by atoms with Crippen molar-refractivity contribution in [3.8, 4) is 0 Å². The molecular formula is C28H35Cl2N5O4. The Labute approximate surface area is 239 Å². The number of oxazole rings is 1. The zero-order chi connectivity index (χ0) is 28.1. The number of allylic oxidation sites excluding steroid dienone is 2. The molecule has 0 bridgehead atoms. The second-order valence-electron chi connectivity index (χ2n) is 9.52. The van der Waals surface area contributed by atoms with Gasteiger partial charge in [-0.3, -0.25) is 4.79 Å². The molecule has 4 rings (SSSR count). The lowest BCUT2D eigenvalue weighted by atomic mass is 9.96. The van der Waals surface area contributed by atoms with Gasteiger partial charge in [-0.25, -0.2) is 9.78 Å². The third-order valence-corrected chi connectivity index (χ3v) is 7.96. The average molecular weight is 577 g/mol. The molecule has 3 amide bonds. The fourth-order valence-corrected chi connectivity index (χ4v) is 5.34. The number of urea groups is 1. The normalized spacial score (nSPS) is 19.4. The second-order valence-corrected chi connectivity index (χ2v) is 10.3. The van der Waals surface area contributed by atoms with Crippen LogP contribution < -0.4 is 5.32 Å². The average Bonchev–Trinajstić information content (AvgIpc) is 3.39. The van der Waals surface area contributed by atoms with E-state index in [0.717, 1.165) is 16.8 Å². The summed E-state index contributed by atoms with van der Waals surface area (Å²) >= 11 is 12.1. The number of ether oxygens (including phenoxy) is 1. The van der Waals surface area contributed by atoms with Gasteiger partial charge in [0.05, 0.1) is 22.3 Å². The molecule has 1 fully saturated rings. The molecule has 9 nitrogen and oxygen atoms in total. The molecule has 2 atom stereocenters. The van der Waals surface area contributed by atoms with E-state index in [1.807, 2.05) is 39.0 Å². The van der Waals surface area contributed by atoms with E-state index < -0.39 is 6.04 Å². The van der Waals surface area contributed by atoms with Crippen molar-refractivity contribution in [2.75, 3.05) is 39.8 Å². The quantitative estimate of drug-likeness (QED) is 0.489. The number of amides is 3. The van der Waals surface area contributed by atoms with Crippen LogP contribution in [0.4, 0.5) is 4.79 Å². The van der Waals surface area contributed by atoms with Gasteiger partial charge in [0.1, 0.15) is 6.04 Å². The highest BCUT2D eigenvalue weighted by molar-refractivity contribution is 6.42. The molecule has 0 radical (unpaired) electrons. The Morgan fingerprint density at radius 3 is 2.59 bits per heavy atom.